The third-order valence-corrected chi connectivity index (χ3v) is 6.17. The maximum Gasteiger partial charge on any atom is 0.221 e. The summed E-state index contributed by atoms with van der Waals surface area (Å²) < 4.78 is 11.1. The number of benzene rings is 2. The number of fused-ring (bicyclic) bond motifs is 1. The van der Waals surface area contributed by atoms with Crippen molar-refractivity contribution in [2.75, 3.05) is 25.7 Å². The van der Waals surface area contributed by atoms with Crippen LogP contribution in [0.5, 0.6) is 11.5 Å². The van der Waals surface area contributed by atoms with Crippen molar-refractivity contribution in [1.29, 1.82) is 0 Å². The Morgan fingerprint density at radius 3 is 2.73 bits per heavy atom. The van der Waals surface area contributed by atoms with Crippen LogP contribution in [-0.2, 0) is 16.0 Å². The molecule has 0 amide bonds. The van der Waals surface area contributed by atoms with Crippen LogP contribution >= 0.6 is 0 Å². The van der Waals surface area contributed by atoms with Crippen molar-refractivity contribution in [3.8, 4) is 11.5 Å². The largest absolute Gasteiger partial charge is 0.493 e. The van der Waals surface area contributed by atoms with Crippen LogP contribution in [0.1, 0.15) is 40.3 Å². The van der Waals surface area contributed by atoms with Gasteiger partial charge in [0.05, 0.1) is 32.4 Å². The van der Waals surface area contributed by atoms with E-state index in [1.54, 1.807) is 18.5 Å². The highest BCUT2D eigenvalue weighted by atomic mass is 16.5. The molecule has 0 bridgehead atoms. The van der Waals surface area contributed by atoms with Gasteiger partial charge in [0, 0.05) is 30.2 Å². The van der Waals surface area contributed by atoms with Crippen LogP contribution in [-0.4, -0.2) is 42.5 Å². The van der Waals surface area contributed by atoms with Gasteiger partial charge in [-0.15, -0.1) is 0 Å². The van der Waals surface area contributed by atoms with Gasteiger partial charge in [0.25, 0.3) is 0 Å². The molecule has 10 heteroatoms. The topological polar surface area (TPSA) is 155 Å². The molecule has 1 aliphatic rings. The number of hydrogen-bond donors (Lipinski definition) is 3. The monoisotopic (exact) mass is 500 g/mol. The normalized spacial score (nSPS) is 15.0. The number of aromatic nitrogens is 2. The fraction of sp³-hybridized carbons (Fsp3) is 0.222. The van der Waals surface area contributed by atoms with Crippen molar-refractivity contribution >= 4 is 36.1 Å². The molecule has 10 nitrogen and oxygen atoms in total. The summed E-state index contributed by atoms with van der Waals surface area (Å²) in [4.78, 5) is 32.9. The molecule has 1 aliphatic heterocycles. The maximum atomic E-state index is 13.4. The number of nitrogen functional groups attached to an aromatic ring is 2. The molecule has 190 valence electrons. The Morgan fingerprint density at radius 1 is 1.19 bits per heavy atom. The lowest BCUT2D eigenvalue weighted by Crippen LogP contribution is -2.33. The minimum atomic E-state index is -0.643. The highest BCUT2D eigenvalue weighted by molar-refractivity contribution is 5.98. The zero-order chi connectivity index (χ0) is 26.4. The standard InChI is InChI=1S/C27H28N6O4/c1-36-23-13-16(12-19-14-30-27(29)32-26(19)28)11-17(25(23)37-2)7-8-22(35)21(9-10-34)24-20-6-4-3-5-18(20)15-31-33-24/h3-8,10-11,13-15,21,24,33H,9,12H2,1-2H3,(H4,28,29,30,32)/b8-7+. The molecule has 3 aromatic rings. The molecule has 4 rings (SSSR count). The number of nitrogens with zero attached hydrogens (tertiary/aromatic N) is 3. The number of methoxy groups -OCH3 is 2. The van der Waals surface area contributed by atoms with Crippen molar-refractivity contribution in [2.45, 2.75) is 18.9 Å². The quantitative estimate of drug-likeness (QED) is 0.281. The highest BCUT2D eigenvalue weighted by Crippen LogP contribution is 2.35. The number of nitrogens with one attached hydrogen (secondary N) is 1. The zero-order valence-corrected chi connectivity index (χ0v) is 20.5. The van der Waals surface area contributed by atoms with Gasteiger partial charge in [0.2, 0.25) is 5.95 Å². The molecule has 2 heterocycles. The van der Waals surface area contributed by atoms with Crippen molar-refractivity contribution in [3.63, 3.8) is 0 Å². The van der Waals surface area contributed by atoms with Crippen molar-refractivity contribution in [1.82, 2.24) is 15.4 Å². The first-order valence-corrected chi connectivity index (χ1v) is 11.6. The molecule has 2 atom stereocenters. The average molecular weight is 501 g/mol. The molecule has 0 radical (unpaired) electrons. The van der Waals surface area contributed by atoms with Crippen LogP contribution < -0.4 is 26.4 Å². The first-order valence-electron chi connectivity index (χ1n) is 11.6. The Bertz CT molecular complexity index is 1370. The molecule has 37 heavy (non-hydrogen) atoms. The number of hydrogen-bond acceptors (Lipinski definition) is 10. The molecule has 2 unspecified atom stereocenters. The molecule has 2 aromatic carbocycles. The van der Waals surface area contributed by atoms with E-state index < -0.39 is 12.0 Å². The zero-order valence-electron chi connectivity index (χ0n) is 20.5. The first-order chi connectivity index (χ1) is 17.9. The lowest BCUT2D eigenvalue weighted by molar-refractivity contribution is -0.121. The van der Waals surface area contributed by atoms with Gasteiger partial charge in [-0.25, -0.2) is 4.98 Å². The van der Waals surface area contributed by atoms with E-state index >= 15 is 0 Å². The molecule has 5 N–H and O–H groups in total. The van der Waals surface area contributed by atoms with E-state index in [4.69, 9.17) is 20.9 Å². The third-order valence-electron chi connectivity index (χ3n) is 6.17. The van der Waals surface area contributed by atoms with E-state index in [-0.39, 0.29) is 24.0 Å². The van der Waals surface area contributed by atoms with E-state index in [0.29, 0.717) is 29.0 Å². The van der Waals surface area contributed by atoms with Gasteiger partial charge in [-0.3, -0.25) is 4.79 Å². The molecule has 0 saturated carbocycles. The van der Waals surface area contributed by atoms with E-state index in [9.17, 15) is 9.59 Å². The van der Waals surface area contributed by atoms with E-state index in [1.807, 2.05) is 36.4 Å². The summed E-state index contributed by atoms with van der Waals surface area (Å²) in [7, 11) is 3.06. The second kappa shape index (κ2) is 11.3. The molecule has 0 fully saturated rings. The van der Waals surface area contributed by atoms with Crippen molar-refractivity contribution in [2.24, 2.45) is 11.0 Å². The van der Waals surface area contributed by atoms with Crippen molar-refractivity contribution in [3.05, 3.63) is 76.5 Å². The van der Waals surface area contributed by atoms with Gasteiger partial charge in [0.15, 0.2) is 17.3 Å². The van der Waals surface area contributed by atoms with Crippen LogP contribution in [0, 0.1) is 5.92 Å². The lowest BCUT2D eigenvalue weighted by Gasteiger charge is -2.28. The number of carbonyl (C=O) groups excluding carboxylic acids is 2. The number of aldehydes is 1. The number of carbonyl (C=O) groups is 2. The lowest BCUT2D eigenvalue weighted by atomic mass is 9.85. The summed E-state index contributed by atoms with van der Waals surface area (Å²) in [5.74, 6) is 0.475. The Balaban J connectivity index is 1.65. The summed E-state index contributed by atoms with van der Waals surface area (Å²) in [5, 5.41) is 4.19. The maximum absolute atomic E-state index is 13.4. The van der Waals surface area contributed by atoms with E-state index in [1.165, 1.54) is 20.3 Å². The smallest absolute Gasteiger partial charge is 0.221 e. The minimum absolute atomic E-state index is 0.0433. The van der Waals surface area contributed by atoms with Crippen LogP contribution in [0.25, 0.3) is 6.08 Å². The minimum Gasteiger partial charge on any atom is -0.493 e. The molecule has 0 spiro atoms. The number of rotatable bonds is 10. The van der Waals surface area contributed by atoms with Gasteiger partial charge in [-0.2, -0.15) is 10.1 Å². The average Bonchev–Trinajstić information content (AvgIpc) is 2.91. The van der Waals surface area contributed by atoms with Crippen LogP contribution in [0.4, 0.5) is 11.8 Å². The van der Waals surface area contributed by atoms with Crippen LogP contribution in [0.15, 0.2) is 53.8 Å². The van der Waals surface area contributed by atoms with E-state index in [2.05, 4.69) is 20.5 Å². The van der Waals surface area contributed by atoms with Gasteiger partial charge in [0.1, 0.15) is 12.1 Å². The van der Waals surface area contributed by atoms with Crippen LogP contribution in [0.2, 0.25) is 0 Å². The first kappa shape index (κ1) is 25.4. The Morgan fingerprint density at radius 2 is 2.00 bits per heavy atom. The Kier molecular flexibility index (Phi) is 7.77. The van der Waals surface area contributed by atoms with Gasteiger partial charge in [-0.1, -0.05) is 24.3 Å². The second-order valence-corrected chi connectivity index (χ2v) is 8.47. The van der Waals surface area contributed by atoms with E-state index in [0.717, 1.165) is 23.0 Å². The number of ketones is 1. The van der Waals surface area contributed by atoms with Gasteiger partial charge < -0.3 is 31.2 Å². The molecule has 0 aliphatic carbocycles. The molecular weight excluding hydrogens is 472 g/mol. The SMILES string of the molecule is COc1cc(Cc2cnc(N)nc2N)cc(/C=C/C(=O)C(CC=O)C2NN=Cc3ccccc32)c1OC. The fourth-order valence-corrected chi connectivity index (χ4v) is 4.36. The number of ether oxygens (including phenoxy) is 2. The van der Waals surface area contributed by atoms with Crippen molar-refractivity contribution < 1.29 is 19.1 Å². The second-order valence-electron chi connectivity index (χ2n) is 8.47. The number of nitrogens with two attached hydrogens (primary N) is 2. The summed E-state index contributed by atoms with van der Waals surface area (Å²) >= 11 is 0. The highest BCUT2D eigenvalue weighted by Gasteiger charge is 2.30. The van der Waals surface area contributed by atoms with Crippen LogP contribution in [0.3, 0.4) is 0 Å². The number of allylic oxidation sites excluding steroid dienone is 1. The predicted octanol–water partition coefficient (Wildman–Crippen LogP) is 2.71. The fourth-order valence-electron chi connectivity index (χ4n) is 4.36. The molecule has 0 saturated heterocycles. The summed E-state index contributed by atoms with van der Waals surface area (Å²) in [6.45, 7) is 0. The Labute approximate surface area is 214 Å². The number of hydrazone groups is 1. The summed E-state index contributed by atoms with van der Waals surface area (Å²) in [5.41, 5.74) is 18.6. The molecular formula is C27H28N6O4. The van der Waals surface area contributed by atoms with Gasteiger partial charge >= 0.3 is 0 Å². The van der Waals surface area contributed by atoms with Gasteiger partial charge in [-0.05, 0) is 41.0 Å². The Hall–Kier alpha value is -4.73. The summed E-state index contributed by atoms with van der Waals surface area (Å²) in [6.07, 6.45) is 7.60. The summed E-state index contributed by atoms with van der Waals surface area (Å²) in [6, 6.07) is 10.9. The predicted molar refractivity (Wildman–Crippen MR) is 141 cm³/mol. The number of anilines is 2. The molecule has 1 aromatic heterocycles. The third kappa shape index (κ3) is 5.58.